The van der Waals surface area contributed by atoms with Gasteiger partial charge in [-0.05, 0) is 39.5 Å². The van der Waals surface area contributed by atoms with Gasteiger partial charge >= 0.3 is 0 Å². The van der Waals surface area contributed by atoms with Crippen LogP contribution in [-0.4, -0.2) is 29.7 Å². The van der Waals surface area contributed by atoms with Gasteiger partial charge in [0.2, 0.25) is 0 Å². The lowest BCUT2D eigenvalue weighted by Crippen LogP contribution is -2.56. The summed E-state index contributed by atoms with van der Waals surface area (Å²) in [5, 5.41) is 10.2. The summed E-state index contributed by atoms with van der Waals surface area (Å²) in [4.78, 5) is 0. The van der Waals surface area contributed by atoms with Crippen molar-refractivity contribution in [3.05, 3.63) is 0 Å². The standard InChI is InChI=1S/C13H24O3/c1-4-10(14)13(7-5-8-13)11-6-9-15-12(2,3)16-11/h10-11,14H,4-9H2,1-3H3. The lowest BCUT2D eigenvalue weighted by Gasteiger charge is -2.53. The average molecular weight is 228 g/mol. The fourth-order valence-electron chi connectivity index (χ4n) is 3.11. The Morgan fingerprint density at radius 2 is 2.06 bits per heavy atom. The molecule has 2 unspecified atom stereocenters. The van der Waals surface area contributed by atoms with Gasteiger partial charge in [0.1, 0.15) is 0 Å². The van der Waals surface area contributed by atoms with E-state index in [0.29, 0.717) is 0 Å². The molecule has 1 saturated carbocycles. The van der Waals surface area contributed by atoms with Crippen LogP contribution in [0.3, 0.4) is 0 Å². The topological polar surface area (TPSA) is 38.7 Å². The largest absolute Gasteiger partial charge is 0.392 e. The molecule has 0 aromatic heterocycles. The van der Waals surface area contributed by atoms with E-state index in [-0.39, 0.29) is 17.6 Å². The molecule has 0 aromatic carbocycles. The molecular weight excluding hydrogens is 204 g/mol. The maximum atomic E-state index is 10.2. The van der Waals surface area contributed by atoms with E-state index in [1.165, 1.54) is 6.42 Å². The molecule has 94 valence electrons. The van der Waals surface area contributed by atoms with Crippen molar-refractivity contribution in [2.75, 3.05) is 6.61 Å². The number of aliphatic hydroxyl groups excluding tert-OH is 1. The van der Waals surface area contributed by atoms with Crippen LogP contribution >= 0.6 is 0 Å². The van der Waals surface area contributed by atoms with Crippen molar-refractivity contribution in [3.63, 3.8) is 0 Å². The Bertz CT molecular complexity index is 246. The molecule has 1 saturated heterocycles. The van der Waals surface area contributed by atoms with Gasteiger partial charge in [0.15, 0.2) is 5.79 Å². The van der Waals surface area contributed by atoms with Crippen LogP contribution in [-0.2, 0) is 9.47 Å². The summed E-state index contributed by atoms with van der Waals surface area (Å²) < 4.78 is 11.6. The van der Waals surface area contributed by atoms with Gasteiger partial charge in [0, 0.05) is 5.41 Å². The van der Waals surface area contributed by atoms with E-state index in [2.05, 4.69) is 6.92 Å². The lowest BCUT2D eigenvalue weighted by molar-refractivity contribution is -0.312. The fraction of sp³-hybridized carbons (Fsp3) is 1.00. The quantitative estimate of drug-likeness (QED) is 0.806. The lowest BCUT2D eigenvalue weighted by atomic mass is 9.60. The van der Waals surface area contributed by atoms with Gasteiger partial charge in [-0.15, -0.1) is 0 Å². The third kappa shape index (κ3) is 2.01. The molecule has 1 aliphatic heterocycles. The molecule has 2 aliphatic rings. The van der Waals surface area contributed by atoms with Crippen molar-refractivity contribution in [2.24, 2.45) is 5.41 Å². The molecule has 0 radical (unpaired) electrons. The third-order valence-electron chi connectivity index (χ3n) is 4.23. The minimum Gasteiger partial charge on any atom is -0.392 e. The van der Waals surface area contributed by atoms with Crippen molar-refractivity contribution in [1.82, 2.24) is 0 Å². The maximum absolute atomic E-state index is 10.2. The van der Waals surface area contributed by atoms with E-state index >= 15 is 0 Å². The maximum Gasteiger partial charge on any atom is 0.163 e. The van der Waals surface area contributed by atoms with E-state index in [1.807, 2.05) is 13.8 Å². The second-order valence-electron chi connectivity index (χ2n) is 5.65. The van der Waals surface area contributed by atoms with E-state index in [4.69, 9.17) is 9.47 Å². The van der Waals surface area contributed by atoms with Crippen LogP contribution in [0.5, 0.6) is 0 Å². The van der Waals surface area contributed by atoms with Crippen LogP contribution in [0.1, 0.15) is 52.9 Å². The normalized spacial score (nSPS) is 34.1. The van der Waals surface area contributed by atoms with Gasteiger partial charge in [0.25, 0.3) is 0 Å². The predicted molar refractivity (Wildman–Crippen MR) is 62.1 cm³/mol. The van der Waals surface area contributed by atoms with E-state index in [0.717, 1.165) is 32.3 Å². The summed E-state index contributed by atoms with van der Waals surface area (Å²) in [6.07, 6.45) is 5.10. The van der Waals surface area contributed by atoms with Crippen LogP contribution in [0.25, 0.3) is 0 Å². The number of aliphatic hydroxyl groups is 1. The average Bonchev–Trinajstić information content (AvgIpc) is 2.14. The van der Waals surface area contributed by atoms with Gasteiger partial charge in [-0.25, -0.2) is 0 Å². The van der Waals surface area contributed by atoms with Gasteiger partial charge < -0.3 is 14.6 Å². The molecular formula is C13H24O3. The Hall–Kier alpha value is -0.120. The van der Waals surface area contributed by atoms with Gasteiger partial charge in [-0.2, -0.15) is 0 Å². The molecule has 0 spiro atoms. The first-order valence-electron chi connectivity index (χ1n) is 6.50. The summed E-state index contributed by atoms with van der Waals surface area (Å²) in [6, 6.07) is 0. The van der Waals surface area contributed by atoms with Crippen molar-refractivity contribution in [1.29, 1.82) is 0 Å². The van der Waals surface area contributed by atoms with Gasteiger partial charge in [0.05, 0.1) is 18.8 Å². The zero-order valence-corrected chi connectivity index (χ0v) is 10.7. The smallest absolute Gasteiger partial charge is 0.163 e. The highest BCUT2D eigenvalue weighted by atomic mass is 16.7. The van der Waals surface area contributed by atoms with E-state index < -0.39 is 5.79 Å². The molecule has 0 amide bonds. The Kier molecular flexibility index (Phi) is 3.30. The zero-order chi connectivity index (χ0) is 11.8. The van der Waals surface area contributed by atoms with Gasteiger partial charge in [-0.3, -0.25) is 0 Å². The van der Waals surface area contributed by atoms with Crippen LogP contribution in [0.2, 0.25) is 0 Å². The summed E-state index contributed by atoms with van der Waals surface area (Å²) in [6.45, 7) is 6.72. The summed E-state index contributed by atoms with van der Waals surface area (Å²) in [5.74, 6) is -0.487. The first kappa shape index (κ1) is 12.3. The van der Waals surface area contributed by atoms with Gasteiger partial charge in [-0.1, -0.05) is 13.3 Å². The second-order valence-corrected chi connectivity index (χ2v) is 5.65. The fourth-order valence-corrected chi connectivity index (χ4v) is 3.11. The van der Waals surface area contributed by atoms with E-state index in [9.17, 15) is 5.11 Å². The molecule has 3 heteroatoms. The molecule has 0 aromatic rings. The minimum absolute atomic E-state index is 0.00972. The van der Waals surface area contributed by atoms with Crippen LogP contribution in [0.4, 0.5) is 0 Å². The highest BCUT2D eigenvalue weighted by Crippen LogP contribution is 2.51. The first-order valence-corrected chi connectivity index (χ1v) is 6.50. The number of ether oxygens (including phenoxy) is 2. The Balaban J connectivity index is 2.09. The summed E-state index contributed by atoms with van der Waals surface area (Å²) >= 11 is 0. The molecule has 1 heterocycles. The number of hydrogen-bond donors (Lipinski definition) is 1. The monoisotopic (exact) mass is 228 g/mol. The molecule has 16 heavy (non-hydrogen) atoms. The van der Waals surface area contributed by atoms with E-state index in [1.54, 1.807) is 0 Å². The molecule has 2 rings (SSSR count). The molecule has 2 atom stereocenters. The van der Waals surface area contributed by atoms with Crippen molar-refractivity contribution < 1.29 is 14.6 Å². The molecule has 1 aliphatic carbocycles. The highest BCUT2D eigenvalue weighted by molar-refractivity contribution is 5.00. The second kappa shape index (κ2) is 4.28. The number of hydrogen-bond acceptors (Lipinski definition) is 3. The molecule has 0 bridgehead atoms. The van der Waals surface area contributed by atoms with Crippen LogP contribution in [0.15, 0.2) is 0 Å². The Morgan fingerprint density at radius 1 is 1.38 bits per heavy atom. The summed E-state index contributed by atoms with van der Waals surface area (Å²) in [5.41, 5.74) is 0.00972. The Morgan fingerprint density at radius 3 is 2.50 bits per heavy atom. The van der Waals surface area contributed by atoms with Crippen molar-refractivity contribution in [3.8, 4) is 0 Å². The molecule has 2 fully saturated rings. The molecule has 3 nitrogen and oxygen atoms in total. The number of rotatable bonds is 3. The van der Waals surface area contributed by atoms with Crippen LogP contribution in [0, 0.1) is 5.41 Å². The molecule has 1 N–H and O–H groups in total. The zero-order valence-electron chi connectivity index (χ0n) is 10.7. The van der Waals surface area contributed by atoms with Crippen LogP contribution < -0.4 is 0 Å². The first-order chi connectivity index (χ1) is 7.50. The highest BCUT2D eigenvalue weighted by Gasteiger charge is 2.51. The summed E-state index contributed by atoms with van der Waals surface area (Å²) in [7, 11) is 0. The third-order valence-corrected chi connectivity index (χ3v) is 4.23. The predicted octanol–water partition coefficient (Wildman–Crippen LogP) is 2.47. The Labute approximate surface area is 98.1 Å². The van der Waals surface area contributed by atoms with Crippen molar-refractivity contribution >= 4 is 0 Å². The SMILES string of the molecule is CCC(O)C1(C2CCOC(C)(C)O2)CCC1. The minimum atomic E-state index is -0.487. The van der Waals surface area contributed by atoms with Crippen molar-refractivity contribution in [2.45, 2.75) is 70.9 Å².